The van der Waals surface area contributed by atoms with Crippen molar-refractivity contribution in [3.63, 3.8) is 0 Å². The van der Waals surface area contributed by atoms with E-state index in [2.05, 4.69) is 0 Å². The Bertz CT molecular complexity index is 2060. The van der Waals surface area contributed by atoms with Gasteiger partial charge in [0.15, 0.2) is 0 Å². The van der Waals surface area contributed by atoms with E-state index in [1.54, 1.807) is 97.1 Å². The third-order valence-electron chi connectivity index (χ3n) is 7.64. The molecular weight excluding hydrogens is 729 g/mol. The molecule has 0 unspecified atom stereocenters. The second-order valence-electron chi connectivity index (χ2n) is 12.0. The maximum Gasteiger partial charge on any atom is 0.343 e. The Morgan fingerprint density at radius 2 is 0.397 bits per heavy atom. The van der Waals surface area contributed by atoms with Crippen molar-refractivity contribution in [3.8, 4) is 23.0 Å². The van der Waals surface area contributed by atoms with Gasteiger partial charge < -0.3 is 18.9 Å². The molecule has 8 heteroatoms. The maximum absolute atomic E-state index is 12.2. The Morgan fingerprint density at radius 1 is 0.259 bits per heavy atom. The fourth-order valence-corrected chi connectivity index (χ4v) is 4.57. The number of hydrogen-bond donors (Lipinski definition) is 0. The van der Waals surface area contributed by atoms with Crippen molar-refractivity contribution in [1.82, 2.24) is 0 Å². The first-order chi connectivity index (χ1) is 25.0. The molecular formula is C50H60O8. The largest absolute Gasteiger partial charge is 0.423 e. The van der Waals surface area contributed by atoms with Crippen LogP contribution in [0.4, 0.5) is 0 Å². The van der Waals surface area contributed by atoms with E-state index in [1.807, 2.05) is 76.2 Å². The monoisotopic (exact) mass is 788 g/mol. The lowest BCUT2D eigenvalue weighted by atomic mass is 10.1. The predicted octanol–water partition coefficient (Wildman–Crippen LogP) is 13.3. The van der Waals surface area contributed by atoms with Gasteiger partial charge in [-0.05, 0) is 125 Å². The van der Waals surface area contributed by atoms with Gasteiger partial charge in [-0.1, -0.05) is 115 Å². The molecule has 6 aromatic carbocycles. The zero-order chi connectivity index (χ0) is 37.0. The first-order valence-electron chi connectivity index (χ1n) is 16.4. The maximum atomic E-state index is 12.2. The molecule has 6 aromatic rings. The number of ether oxygens (including phenoxy) is 4. The van der Waals surface area contributed by atoms with Gasteiger partial charge in [0.05, 0.1) is 22.3 Å². The molecule has 308 valence electrons. The fraction of sp³-hybridized carbons (Fsp3) is 0.200. The van der Waals surface area contributed by atoms with E-state index in [0.717, 1.165) is 22.3 Å². The molecule has 0 N–H and O–H groups in total. The van der Waals surface area contributed by atoms with Crippen LogP contribution in [0.1, 0.15) is 108 Å². The van der Waals surface area contributed by atoms with Gasteiger partial charge in [-0.2, -0.15) is 0 Å². The molecule has 0 amide bonds. The zero-order valence-electron chi connectivity index (χ0n) is 29.1. The molecule has 0 aromatic heterocycles. The van der Waals surface area contributed by atoms with Crippen LogP contribution in [0.2, 0.25) is 0 Å². The quantitative estimate of drug-likeness (QED) is 0.111. The summed E-state index contributed by atoms with van der Waals surface area (Å²) in [5, 5.41) is 0. The van der Waals surface area contributed by atoms with Gasteiger partial charge in [-0.3, -0.25) is 0 Å². The third kappa shape index (κ3) is 15.7. The summed E-state index contributed by atoms with van der Waals surface area (Å²) in [6, 6.07) is 41.2. The van der Waals surface area contributed by atoms with Crippen molar-refractivity contribution in [2.24, 2.45) is 0 Å². The highest BCUT2D eigenvalue weighted by molar-refractivity contribution is 5.93. The number of carbonyl (C=O) groups excluding carboxylic acids is 4. The lowest BCUT2D eigenvalue weighted by molar-refractivity contribution is 0.0719. The van der Waals surface area contributed by atoms with E-state index in [-0.39, 0.29) is 44.6 Å². The third-order valence-corrected chi connectivity index (χ3v) is 7.64. The van der Waals surface area contributed by atoms with Crippen LogP contribution in [0, 0.1) is 27.7 Å². The number of hydrogen-bond acceptors (Lipinski definition) is 8. The molecule has 0 aliphatic heterocycles. The summed E-state index contributed by atoms with van der Waals surface area (Å²) < 4.78 is 21.3. The van der Waals surface area contributed by atoms with E-state index in [4.69, 9.17) is 18.9 Å². The molecule has 0 bridgehead atoms. The Labute approximate surface area is 346 Å². The topological polar surface area (TPSA) is 105 Å². The average Bonchev–Trinajstić information content (AvgIpc) is 3.14. The molecule has 0 saturated heterocycles. The molecule has 0 fully saturated rings. The van der Waals surface area contributed by atoms with Crippen LogP contribution in [0.3, 0.4) is 0 Å². The van der Waals surface area contributed by atoms with Gasteiger partial charge in [0, 0.05) is 0 Å². The van der Waals surface area contributed by atoms with E-state index in [0.29, 0.717) is 45.3 Å². The van der Waals surface area contributed by atoms with Crippen molar-refractivity contribution in [3.05, 3.63) is 190 Å². The van der Waals surface area contributed by atoms with Crippen molar-refractivity contribution >= 4 is 23.9 Å². The van der Waals surface area contributed by atoms with Crippen LogP contribution in [-0.2, 0) is 0 Å². The molecule has 8 nitrogen and oxygen atoms in total. The molecule has 0 aliphatic rings. The molecule has 0 saturated carbocycles. The van der Waals surface area contributed by atoms with Crippen LogP contribution in [0.15, 0.2) is 146 Å². The van der Waals surface area contributed by atoms with E-state index in [9.17, 15) is 19.2 Å². The molecule has 0 aliphatic carbocycles. The smallest absolute Gasteiger partial charge is 0.343 e. The van der Waals surface area contributed by atoms with Crippen molar-refractivity contribution in [2.45, 2.75) is 72.3 Å². The van der Waals surface area contributed by atoms with Gasteiger partial charge in [0.1, 0.15) is 23.0 Å². The SMILES string of the molecule is C.C.C.C.C.C.Cc1ccc(C(=O)Oc2ccc(OC(=O)c3ccc(C)cc3)cc2)cc1.Cc1ccc(OC(=O)c2ccc(OC(=O)c3ccc(C)cc3)cc2)cc1. The van der Waals surface area contributed by atoms with Gasteiger partial charge in [0.25, 0.3) is 0 Å². The summed E-state index contributed by atoms with van der Waals surface area (Å²) in [6.45, 7) is 7.81. The predicted molar refractivity (Wildman–Crippen MR) is 238 cm³/mol. The van der Waals surface area contributed by atoms with Crippen LogP contribution in [0.25, 0.3) is 0 Å². The minimum absolute atomic E-state index is 0. The van der Waals surface area contributed by atoms with Crippen LogP contribution in [-0.4, -0.2) is 23.9 Å². The first-order valence-corrected chi connectivity index (χ1v) is 16.4. The van der Waals surface area contributed by atoms with Gasteiger partial charge in [-0.15, -0.1) is 0 Å². The van der Waals surface area contributed by atoms with E-state index >= 15 is 0 Å². The molecule has 6 rings (SSSR count). The van der Waals surface area contributed by atoms with Crippen molar-refractivity contribution < 1.29 is 38.1 Å². The van der Waals surface area contributed by atoms with Crippen LogP contribution in [0.5, 0.6) is 23.0 Å². The summed E-state index contributed by atoms with van der Waals surface area (Å²) in [4.78, 5) is 48.4. The van der Waals surface area contributed by atoms with Crippen molar-refractivity contribution in [2.75, 3.05) is 0 Å². The minimum atomic E-state index is -0.467. The van der Waals surface area contributed by atoms with Gasteiger partial charge >= 0.3 is 23.9 Å². The normalized spacial score (nSPS) is 9.17. The summed E-state index contributed by atoms with van der Waals surface area (Å²) >= 11 is 0. The van der Waals surface area contributed by atoms with Crippen LogP contribution >= 0.6 is 0 Å². The number of aryl methyl sites for hydroxylation is 4. The molecule has 0 spiro atoms. The summed E-state index contributed by atoms with van der Waals surface area (Å²) in [6.07, 6.45) is 0. The number of rotatable bonds is 8. The lowest BCUT2D eigenvalue weighted by Gasteiger charge is -2.07. The van der Waals surface area contributed by atoms with Crippen LogP contribution < -0.4 is 18.9 Å². The second-order valence-corrected chi connectivity index (χ2v) is 12.0. The summed E-state index contributed by atoms with van der Waals surface area (Å²) in [5.41, 5.74) is 6.10. The lowest BCUT2D eigenvalue weighted by Crippen LogP contribution is -2.10. The molecule has 58 heavy (non-hydrogen) atoms. The van der Waals surface area contributed by atoms with Gasteiger partial charge in [0.2, 0.25) is 0 Å². The summed E-state index contributed by atoms with van der Waals surface area (Å²) in [5.74, 6) is -0.177. The van der Waals surface area contributed by atoms with Gasteiger partial charge in [-0.25, -0.2) is 19.2 Å². The highest BCUT2D eigenvalue weighted by Crippen LogP contribution is 2.21. The Balaban J connectivity index is 0. The zero-order valence-corrected chi connectivity index (χ0v) is 29.1. The van der Waals surface area contributed by atoms with Crippen molar-refractivity contribution in [1.29, 1.82) is 0 Å². The highest BCUT2D eigenvalue weighted by atomic mass is 16.5. The van der Waals surface area contributed by atoms with E-state index < -0.39 is 23.9 Å². The number of carbonyl (C=O) groups is 4. The fourth-order valence-electron chi connectivity index (χ4n) is 4.57. The highest BCUT2D eigenvalue weighted by Gasteiger charge is 2.13. The average molecular weight is 789 g/mol. The Kier molecular flexibility index (Phi) is 23.3. The Morgan fingerprint density at radius 3 is 0.603 bits per heavy atom. The Hall–Kier alpha value is -6.80. The standard InChI is InChI=1S/2C22H18O4.6CH4/c1-15-3-7-17(8-4-15)21(23)26-20-13-9-18(10-14-20)22(24)25-19-11-5-16(2)6-12-19;1-15-3-7-17(8-4-15)21(23)25-19-11-13-20(14-12-19)26-22(24)18-9-5-16(2)6-10-18;;;;;;/h2*3-14H,1-2H3;6*1H4. The number of esters is 4. The molecule has 0 atom stereocenters. The first kappa shape index (κ1) is 53.3. The van der Waals surface area contributed by atoms with E-state index in [1.165, 1.54) is 0 Å². The second kappa shape index (κ2) is 25.4. The molecule has 0 heterocycles. The summed E-state index contributed by atoms with van der Waals surface area (Å²) in [7, 11) is 0. The minimum Gasteiger partial charge on any atom is -0.423 e. The number of benzene rings is 6. The molecule has 0 radical (unpaired) electrons.